The van der Waals surface area contributed by atoms with Gasteiger partial charge < -0.3 is 4.98 Å². The van der Waals surface area contributed by atoms with E-state index in [2.05, 4.69) is 0 Å². The first-order valence-electron chi connectivity index (χ1n) is 4.79. The lowest BCUT2D eigenvalue weighted by atomic mass is 10.1. The summed E-state index contributed by atoms with van der Waals surface area (Å²) in [7, 11) is 0. The van der Waals surface area contributed by atoms with Crippen LogP contribution in [-0.2, 0) is 6.18 Å². The van der Waals surface area contributed by atoms with E-state index in [0.29, 0.717) is 6.07 Å². The molecule has 0 saturated carbocycles. The van der Waals surface area contributed by atoms with Crippen LogP contribution in [0.2, 0.25) is 0 Å². The molecule has 0 amide bonds. The second kappa shape index (κ2) is 4.04. The van der Waals surface area contributed by atoms with Crippen LogP contribution in [0, 0.1) is 15.9 Å². The lowest BCUT2D eigenvalue weighted by molar-refractivity contribution is -0.389. The highest BCUT2D eigenvalue weighted by Crippen LogP contribution is 2.33. The molecule has 0 unspecified atom stereocenters. The number of fused-ring (bicyclic) bond motifs is 1. The topological polar surface area (TPSA) is 76.0 Å². The summed E-state index contributed by atoms with van der Waals surface area (Å²) in [5.74, 6) is -0.870. The van der Waals surface area contributed by atoms with Gasteiger partial charge in [0.2, 0.25) is 5.69 Å². The van der Waals surface area contributed by atoms with Crippen molar-refractivity contribution in [3.05, 3.63) is 50.0 Å². The van der Waals surface area contributed by atoms with Crippen molar-refractivity contribution < 1.29 is 22.5 Å². The fourth-order valence-electron chi connectivity index (χ4n) is 1.63. The molecule has 0 fully saturated rings. The van der Waals surface area contributed by atoms with Gasteiger partial charge in [0.05, 0.1) is 15.8 Å². The maximum absolute atomic E-state index is 12.9. The molecule has 0 saturated heterocycles. The molecule has 19 heavy (non-hydrogen) atoms. The van der Waals surface area contributed by atoms with Gasteiger partial charge in [-0.1, -0.05) is 0 Å². The van der Waals surface area contributed by atoms with Crippen LogP contribution in [-0.4, -0.2) is 9.91 Å². The summed E-state index contributed by atoms with van der Waals surface area (Å²) < 4.78 is 50.9. The van der Waals surface area contributed by atoms with Gasteiger partial charge in [-0.15, -0.1) is 0 Å². The molecule has 0 aliphatic heterocycles. The largest absolute Gasteiger partial charge is 0.438 e. The highest BCUT2D eigenvalue weighted by atomic mass is 19.4. The van der Waals surface area contributed by atoms with Crippen LogP contribution >= 0.6 is 0 Å². The molecule has 0 radical (unpaired) electrons. The van der Waals surface area contributed by atoms with E-state index >= 15 is 0 Å². The zero-order valence-electron chi connectivity index (χ0n) is 8.92. The molecule has 0 spiro atoms. The van der Waals surface area contributed by atoms with Crippen LogP contribution in [0.4, 0.5) is 23.2 Å². The molecule has 0 aliphatic rings. The third-order valence-corrected chi connectivity index (χ3v) is 2.40. The molecule has 1 heterocycles. The Morgan fingerprint density at radius 1 is 1.26 bits per heavy atom. The van der Waals surface area contributed by atoms with E-state index in [0.717, 1.165) is 12.1 Å². The molecule has 100 valence electrons. The van der Waals surface area contributed by atoms with Gasteiger partial charge in [-0.05, 0) is 18.2 Å². The molecule has 0 bridgehead atoms. The number of nitrogens with one attached hydrogen (secondary N) is 1. The molecule has 2 aromatic rings. The number of H-pyrrole nitrogens is 1. The number of nitrogens with zero attached hydrogens (tertiary/aromatic N) is 1. The molecule has 5 nitrogen and oxygen atoms in total. The third-order valence-electron chi connectivity index (χ3n) is 2.40. The monoisotopic (exact) mass is 276 g/mol. The fourth-order valence-corrected chi connectivity index (χ4v) is 1.63. The predicted octanol–water partition coefficient (Wildman–Crippen LogP) is 2.59. The van der Waals surface area contributed by atoms with E-state index in [1.807, 2.05) is 0 Å². The standard InChI is InChI=1S/C10H4F4N2O3/c11-4-1-2-5-6(3-4)15-9(10(12,13)14)7(8(5)17)16(18)19/h1-3H,(H,15,17). The van der Waals surface area contributed by atoms with Crippen LogP contribution in [0.3, 0.4) is 0 Å². The minimum atomic E-state index is -5.12. The third kappa shape index (κ3) is 2.14. The Morgan fingerprint density at radius 3 is 2.42 bits per heavy atom. The van der Waals surface area contributed by atoms with Gasteiger partial charge in [0, 0.05) is 0 Å². The number of hydrogen-bond acceptors (Lipinski definition) is 3. The second-order valence-corrected chi connectivity index (χ2v) is 3.62. The van der Waals surface area contributed by atoms with Crippen molar-refractivity contribution in [2.45, 2.75) is 6.18 Å². The minimum Gasteiger partial charge on any atom is -0.345 e. The van der Waals surface area contributed by atoms with Crippen LogP contribution in [0.15, 0.2) is 23.0 Å². The number of aromatic nitrogens is 1. The smallest absolute Gasteiger partial charge is 0.345 e. The normalized spacial score (nSPS) is 11.8. The van der Waals surface area contributed by atoms with Gasteiger partial charge in [-0.3, -0.25) is 14.9 Å². The number of aromatic amines is 1. The SMILES string of the molecule is O=c1c([N+](=O)[O-])c(C(F)(F)F)[nH]c2cc(F)ccc12. The molecule has 0 aliphatic carbocycles. The fraction of sp³-hybridized carbons (Fsp3) is 0.100. The zero-order chi connectivity index (χ0) is 14.4. The number of rotatable bonds is 1. The van der Waals surface area contributed by atoms with Gasteiger partial charge in [0.25, 0.3) is 5.43 Å². The van der Waals surface area contributed by atoms with E-state index in [9.17, 15) is 32.5 Å². The van der Waals surface area contributed by atoms with Crippen molar-refractivity contribution in [1.82, 2.24) is 4.98 Å². The Kier molecular flexibility index (Phi) is 2.76. The van der Waals surface area contributed by atoms with E-state index in [-0.39, 0.29) is 5.39 Å². The van der Waals surface area contributed by atoms with Crippen LogP contribution in [0.25, 0.3) is 10.9 Å². The van der Waals surface area contributed by atoms with E-state index in [1.165, 1.54) is 0 Å². The zero-order valence-corrected chi connectivity index (χ0v) is 8.92. The summed E-state index contributed by atoms with van der Waals surface area (Å²) in [6.07, 6.45) is -5.12. The maximum atomic E-state index is 12.9. The Bertz CT molecular complexity index is 736. The summed E-state index contributed by atoms with van der Waals surface area (Å²) in [4.78, 5) is 22.6. The minimum absolute atomic E-state index is 0.388. The first-order chi connectivity index (χ1) is 8.71. The Morgan fingerprint density at radius 2 is 1.89 bits per heavy atom. The molecule has 1 aromatic carbocycles. The van der Waals surface area contributed by atoms with Crippen molar-refractivity contribution in [2.24, 2.45) is 0 Å². The molecule has 2 rings (SSSR count). The first kappa shape index (κ1) is 13.0. The van der Waals surface area contributed by atoms with E-state index < -0.39 is 39.2 Å². The van der Waals surface area contributed by atoms with Crippen LogP contribution in [0.1, 0.15) is 5.69 Å². The summed E-state index contributed by atoms with van der Waals surface area (Å²) in [5.41, 5.74) is -5.28. The predicted molar refractivity (Wildman–Crippen MR) is 56.2 cm³/mol. The Labute approximate surface area is 101 Å². The quantitative estimate of drug-likeness (QED) is 0.494. The second-order valence-electron chi connectivity index (χ2n) is 3.62. The number of pyridine rings is 1. The van der Waals surface area contributed by atoms with Gasteiger partial charge >= 0.3 is 11.9 Å². The molecular weight excluding hydrogens is 272 g/mol. The lowest BCUT2D eigenvalue weighted by Gasteiger charge is -2.08. The average molecular weight is 276 g/mol. The van der Waals surface area contributed by atoms with Crippen molar-refractivity contribution >= 4 is 16.6 Å². The molecular formula is C10H4F4N2O3. The number of nitro groups is 1. The van der Waals surface area contributed by atoms with Crippen LogP contribution in [0.5, 0.6) is 0 Å². The van der Waals surface area contributed by atoms with Crippen molar-refractivity contribution in [2.75, 3.05) is 0 Å². The maximum Gasteiger partial charge on any atom is 0.438 e. The molecule has 0 atom stereocenters. The molecule has 1 N–H and O–H groups in total. The first-order valence-corrected chi connectivity index (χ1v) is 4.79. The number of halogens is 4. The lowest BCUT2D eigenvalue weighted by Crippen LogP contribution is -2.19. The van der Waals surface area contributed by atoms with Gasteiger partial charge in [0.15, 0.2) is 0 Å². The van der Waals surface area contributed by atoms with Crippen LogP contribution < -0.4 is 5.43 Å². The Balaban J connectivity index is 2.98. The summed E-state index contributed by atoms with van der Waals surface area (Å²) >= 11 is 0. The number of benzene rings is 1. The van der Waals surface area contributed by atoms with Gasteiger partial charge in [-0.25, -0.2) is 4.39 Å². The average Bonchev–Trinajstić information content (AvgIpc) is 2.26. The van der Waals surface area contributed by atoms with Crippen molar-refractivity contribution in [3.63, 3.8) is 0 Å². The van der Waals surface area contributed by atoms with Gasteiger partial charge in [0.1, 0.15) is 5.82 Å². The highest BCUT2D eigenvalue weighted by Gasteiger charge is 2.41. The summed E-state index contributed by atoms with van der Waals surface area (Å²) in [6.45, 7) is 0. The van der Waals surface area contributed by atoms with Crippen molar-refractivity contribution in [1.29, 1.82) is 0 Å². The van der Waals surface area contributed by atoms with E-state index in [4.69, 9.17) is 0 Å². The Hall–Kier alpha value is -2.45. The summed E-state index contributed by atoms with van der Waals surface area (Å²) in [5, 5.41) is 10.2. The molecule has 1 aromatic heterocycles. The van der Waals surface area contributed by atoms with Crippen molar-refractivity contribution in [3.8, 4) is 0 Å². The highest BCUT2D eigenvalue weighted by molar-refractivity contribution is 5.81. The number of hydrogen-bond donors (Lipinski definition) is 1. The van der Waals surface area contributed by atoms with E-state index in [1.54, 1.807) is 4.98 Å². The summed E-state index contributed by atoms with van der Waals surface area (Å²) in [6, 6.07) is 2.38. The molecule has 9 heteroatoms. The number of alkyl halides is 3. The van der Waals surface area contributed by atoms with Gasteiger partial charge in [-0.2, -0.15) is 13.2 Å².